The quantitative estimate of drug-likeness (QED) is 0.495. The Hall–Kier alpha value is -3.06. The van der Waals surface area contributed by atoms with Gasteiger partial charge in [-0.05, 0) is 43.3 Å². The van der Waals surface area contributed by atoms with Crippen LogP contribution in [-0.2, 0) is 11.4 Å². The molecule has 0 bridgehead atoms. The van der Waals surface area contributed by atoms with E-state index in [-0.39, 0.29) is 5.91 Å². The van der Waals surface area contributed by atoms with Crippen molar-refractivity contribution in [1.29, 1.82) is 0 Å². The van der Waals surface area contributed by atoms with Crippen molar-refractivity contribution in [3.8, 4) is 5.75 Å². The molecule has 1 atom stereocenters. The van der Waals surface area contributed by atoms with Crippen LogP contribution in [0.4, 0.5) is 4.79 Å². The summed E-state index contributed by atoms with van der Waals surface area (Å²) in [5.41, 5.74) is 1.14. The van der Waals surface area contributed by atoms with Gasteiger partial charge in [0.2, 0.25) is 0 Å². The lowest BCUT2D eigenvalue weighted by atomic mass is 10.1. The number of pyridine rings is 1. The molecule has 1 saturated heterocycles. The van der Waals surface area contributed by atoms with Crippen LogP contribution in [0.25, 0.3) is 10.9 Å². The molecule has 1 unspecified atom stereocenters. The van der Waals surface area contributed by atoms with Crippen LogP contribution in [0.15, 0.2) is 65.7 Å². The topological polar surface area (TPSA) is 80.3 Å². The Labute approximate surface area is 166 Å². The van der Waals surface area contributed by atoms with Crippen LogP contribution in [0, 0.1) is 0 Å². The predicted molar refractivity (Wildman–Crippen MR) is 108 cm³/mol. The lowest BCUT2D eigenvalue weighted by Gasteiger charge is -2.19. The van der Waals surface area contributed by atoms with Crippen LogP contribution in [0.3, 0.4) is 0 Å². The molecule has 0 saturated carbocycles. The number of thioether (sulfide) groups is 1. The summed E-state index contributed by atoms with van der Waals surface area (Å²) in [4.78, 5) is 28.5. The molecule has 7 heteroatoms. The zero-order valence-electron chi connectivity index (χ0n) is 15.3. The van der Waals surface area contributed by atoms with Gasteiger partial charge < -0.3 is 10.1 Å². The molecule has 2 aromatic carbocycles. The van der Waals surface area contributed by atoms with Gasteiger partial charge in [-0.1, -0.05) is 18.2 Å². The second kappa shape index (κ2) is 7.52. The first-order chi connectivity index (χ1) is 13.5. The maximum atomic E-state index is 11.9. The third-order valence-corrected chi connectivity index (χ3v) is 5.93. The fourth-order valence-electron chi connectivity index (χ4n) is 2.98. The zero-order valence-corrected chi connectivity index (χ0v) is 16.1. The Morgan fingerprint density at radius 1 is 1.07 bits per heavy atom. The fraction of sp³-hybridized carbons (Fsp3) is 0.190. The van der Waals surface area contributed by atoms with Gasteiger partial charge in [-0.2, -0.15) is 0 Å². The fourth-order valence-corrected chi connectivity index (χ4v) is 3.97. The number of amides is 3. The molecular weight excluding hydrogens is 374 g/mol. The Kier molecular flexibility index (Phi) is 4.92. The largest absolute Gasteiger partial charge is 0.489 e. The van der Waals surface area contributed by atoms with Crippen LogP contribution >= 0.6 is 11.8 Å². The van der Waals surface area contributed by atoms with Crippen molar-refractivity contribution in [3.63, 3.8) is 0 Å². The highest BCUT2D eigenvalue weighted by atomic mass is 32.2. The molecule has 6 nitrogen and oxygen atoms in total. The van der Waals surface area contributed by atoms with E-state index in [1.54, 1.807) is 13.1 Å². The van der Waals surface area contributed by atoms with E-state index in [1.165, 1.54) is 11.8 Å². The van der Waals surface area contributed by atoms with Crippen molar-refractivity contribution in [3.05, 3.63) is 66.4 Å². The van der Waals surface area contributed by atoms with Crippen molar-refractivity contribution < 1.29 is 14.3 Å². The van der Waals surface area contributed by atoms with Crippen LogP contribution in [0.5, 0.6) is 5.75 Å². The van der Waals surface area contributed by atoms with Crippen molar-refractivity contribution >= 4 is 34.6 Å². The van der Waals surface area contributed by atoms with E-state index in [4.69, 9.17) is 4.74 Å². The number of ether oxygens (including phenoxy) is 1. The Morgan fingerprint density at radius 3 is 2.61 bits per heavy atom. The van der Waals surface area contributed by atoms with Crippen LogP contribution in [-0.4, -0.2) is 28.2 Å². The number of hydrogen-bond donors (Lipinski definition) is 2. The first-order valence-corrected chi connectivity index (χ1v) is 9.84. The third-order valence-electron chi connectivity index (χ3n) is 4.60. The van der Waals surface area contributed by atoms with Gasteiger partial charge in [0.25, 0.3) is 5.91 Å². The number of para-hydroxylation sites is 1. The molecule has 142 valence electrons. The molecule has 1 fully saturated rings. The Morgan fingerprint density at radius 2 is 1.86 bits per heavy atom. The molecule has 0 aliphatic carbocycles. The van der Waals surface area contributed by atoms with E-state index in [0.29, 0.717) is 12.4 Å². The molecule has 0 radical (unpaired) electrons. The van der Waals surface area contributed by atoms with E-state index in [1.807, 2.05) is 54.6 Å². The number of carbonyl (C=O) groups excluding carboxylic acids is 2. The number of hydrogen-bond acceptors (Lipinski definition) is 5. The molecule has 1 aliphatic heterocycles. The normalized spacial score (nSPS) is 18.8. The van der Waals surface area contributed by atoms with E-state index in [9.17, 15) is 9.59 Å². The molecule has 3 amide bonds. The lowest BCUT2D eigenvalue weighted by Crippen LogP contribution is -2.46. The molecule has 1 aromatic heterocycles. The van der Waals surface area contributed by atoms with Gasteiger partial charge in [0.1, 0.15) is 17.9 Å². The van der Waals surface area contributed by atoms with E-state index in [2.05, 4.69) is 15.6 Å². The number of nitrogens with zero attached hydrogens (tertiary/aromatic N) is 1. The maximum absolute atomic E-state index is 11.9. The van der Waals surface area contributed by atoms with Crippen molar-refractivity contribution in [2.45, 2.75) is 24.0 Å². The molecule has 1 aliphatic rings. The summed E-state index contributed by atoms with van der Waals surface area (Å²) in [5.74, 6) is 0.922. The highest BCUT2D eigenvalue weighted by molar-refractivity contribution is 7.99. The maximum Gasteiger partial charge on any atom is 0.322 e. The van der Waals surface area contributed by atoms with Crippen molar-refractivity contribution in [1.82, 2.24) is 15.6 Å². The SMILES string of the molecule is CC1(CSc2ccc(OCc3ccnc4ccccc34)cc2)NC(=O)NC1=O. The number of fused-ring (bicyclic) bond motifs is 1. The van der Waals surface area contributed by atoms with E-state index >= 15 is 0 Å². The molecule has 4 rings (SSSR count). The molecule has 0 spiro atoms. The number of imide groups is 1. The first-order valence-electron chi connectivity index (χ1n) is 8.85. The summed E-state index contributed by atoms with van der Waals surface area (Å²) in [7, 11) is 0. The number of rotatable bonds is 6. The smallest absolute Gasteiger partial charge is 0.322 e. The average molecular weight is 393 g/mol. The van der Waals surface area contributed by atoms with Gasteiger partial charge in [-0.25, -0.2) is 4.79 Å². The predicted octanol–water partition coefficient (Wildman–Crippen LogP) is 3.50. The second-order valence-corrected chi connectivity index (χ2v) is 7.83. The van der Waals surface area contributed by atoms with Crippen molar-refractivity contribution in [2.24, 2.45) is 0 Å². The molecule has 28 heavy (non-hydrogen) atoms. The van der Waals surface area contributed by atoms with Gasteiger partial charge >= 0.3 is 6.03 Å². The standard InChI is InChI=1S/C21H19N3O3S/c1-21(19(25)23-20(26)24-21)13-28-16-8-6-15(7-9-16)27-12-14-10-11-22-18-5-3-2-4-17(14)18/h2-11H,12-13H2,1H3,(H2,23,24,25,26). The van der Waals surface area contributed by atoms with E-state index in [0.717, 1.165) is 27.1 Å². The zero-order chi connectivity index (χ0) is 19.6. The first kappa shape index (κ1) is 18.3. The average Bonchev–Trinajstić information content (AvgIpc) is 2.97. The minimum atomic E-state index is -0.890. The van der Waals surface area contributed by atoms with Gasteiger partial charge in [0.05, 0.1) is 5.52 Å². The minimum Gasteiger partial charge on any atom is -0.489 e. The van der Waals surface area contributed by atoms with Gasteiger partial charge in [0.15, 0.2) is 0 Å². The monoisotopic (exact) mass is 393 g/mol. The number of carbonyl (C=O) groups is 2. The number of nitrogens with one attached hydrogen (secondary N) is 2. The number of benzene rings is 2. The second-order valence-electron chi connectivity index (χ2n) is 6.78. The summed E-state index contributed by atoms with van der Waals surface area (Å²) >= 11 is 1.51. The van der Waals surface area contributed by atoms with Gasteiger partial charge in [-0.3, -0.25) is 15.1 Å². The molecule has 3 aromatic rings. The molecular formula is C21H19N3O3S. The summed E-state index contributed by atoms with van der Waals surface area (Å²) in [6.07, 6.45) is 1.79. The third kappa shape index (κ3) is 3.80. The molecule has 2 N–H and O–H groups in total. The summed E-state index contributed by atoms with van der Waals surface area (Å²) in [5, 5.41) is 6.02. The van der Waals surface area contributed by atoms with Crippen LogP contribution < -0.4 is 15.4 Å². The highest BCUT2D eigenvalue weighted by Crippen LogP contribution is 2.27. The molecule has 2 heterocycles. The minimum absolute atomic E-state index is 0.297. The lowest BCUT2D eigenvalue weighted by molar-refractivity contribution is -0.122. The highest BCUT2D eigenvalue weighted by Gasteiger charge is 2.41. The Balaban J connectivity index is 1.37. The summed E-state index contributed by atoms with van der Waals surface area (Å²) < 4.78 is 5.93. The van der Waals surface area contributed by atoms with Gasteiger partial charge in [-0.15, -0.1) is 11.8 Å². The van der Waals surface area contributed by atoms with Gasteiger partial charge in [0, 0.05) is 27.8 Å². The van der Waals surface area contributed by atoms with Crippen molar-refractivity contribution in [2.75, 3.05) is 5.75 Å². The number of urea groups is 1. The number of aromatic nitrogens is 1. The Bertz CT molecular complexity index is 1030. The summed E-state index contributed by atoms with van der Waals surface area (Å²) in [6, 6.07) is 17.2. The van der Waals surface area contributed by atoms with Crippen LogP contribution in [0.2, 0.25) is 0 Å². The summed E-state index contributed by atoms with van der Waals surface area (Å²) in [6.45, 7) is 2.18. The van der Waals surface area contributed by atoms with Crippen LogP contribution in [0.1, 0.15) is 12.5 Å². The van der Waals surface area contributed by atoms with E-state index < -0.39 is 11.6 Å².